The first-order chi connectivity index (χ1) is 16.0. The topological polar surface area (TPSA) is 75.3 Å². The van der Waals surface area contributed by atoms with Crippen LogP contribution in [0.25, 0.3) is 17.3 Å². The van der Waals surface area contributed by atoms with Gasteiger partial charge >= 0.3 is 0 Å². The van der Waals surface area contributed by atoms with Crippen LogP contribution in [-0.2, 0) is 4.79 Å². The summed E-state index contributed by atoms with van der Waals surface area (Å²) in [5, 5.41) is 10.1. The molecular formula is C24H19ClFN3O3S. The van der Waals surface area contributed by atoms with E-state index in [0.717, 1.165) is 24.2 Å². The molecule has 0 bridgehead atoms. The van der Waals surface area contributed by atoms with Gasteiger partial charge in [-0.05, 0) is 43.2 Å². The number of amides is 1. The van der Waals surface area contributed by atoms with Crippen molar-refractivity contribution < 1.29 is 13.9 Å². The number of ether oxygens (including phenoxy) is 1. The van der Waals surface area contributed by atoms with Gasteiger partial charge in [-0.15, -0.1) is 11.3 Å². The molecule has 0 spiro atoms. The number of para-hydroxylation sites is 2. The van der Waals surface area contributed by atoms with Crippen LogP contribution in [0.1, 0.15) is 18.4 Å². The van der Waals surface area contributed by atoms with Crippen LogP contribution in [0.2, 0.25) is 5.02 Å². The molecule has 33 heavy (non-hydrogen) atoms. The Morgan fingerprint density at radius 2 is 1.94 bits per heavy atom. The van der Waals surface area contributed by atoms with Crippen molar-refractivity contribution in [3.05, 3.63) is 78.4 Å². The SMILES string of the molecule is COc1ccccc1-n1c(=O)/c(=C\c2c(F)cccc2Cl)s/c1=C(/C#N)C(=O)N1CCCC1. The number of hydrogen-bond acceptors (Lipinski definition) is 5. The Hall–Kier alpha value is -3.41. The van der Waals surface area contributed by atoms with Crippen LogP contribution in [-0.4, -0.2) is 35.6 Å². The molecule has 0 saturated carbocycles. The Balaban J connectivity index is 2.09. The van der Waals surface area contributed by atoms with Crippen molar-refractivity contribution in [1.29, 1.82) is 5.26 Å². The standard InChI is InChI=1S/C24H19ClFN3O3S/c1-32-20-10-3-2-9-19(20)29-23(31)21(13-15-17(25)7-6-8-18(15)26)33-24(29)16(14-27)22(30)28-11-4-5-12-28/h2-3,6-10,13H,4-5,11-12H2,1H3/b21-13+,24-16-. The van der Waals surface area contributed by atoms with Gasteiger partial charge in [0.15, 0.2) is 5.57 Å². The number of carbonyl (C=O) groups is 1. The molecule has 1 aliphatic rings. The van der Waals surface area contributed by atoms with Gasteiger partial charge in [0.2, 0.25) is 0 Å². The maximum Gasteiger partial charge on any atom is 0.273 e. The Labute approximate surface area is 198 Å². The van der Waals surface area contributed by atoms with Crippen molar-refractivity contribution in [3.8, 4) is 17.5 Å². The smallest absolute Gasteiger partial charge is 0.273 e. The molecule has 2 heterocycles. The second kappa shape index (κ2) is 9.61. The summed E-state index contributed by atoms with van der Waals surface area (Å²) in [6.45, 7) is 1.11. The van der Waals surface area contributed by atoms with Crippen molar-refractivity contribution in [2.45, 2.75) is 12.8 Å². The van der Waals surface area contributed by atoms with E-state index in [1.165, 1.54) is 36.0 Å². The van der Waals surface area contributed by atoms with Crippen molar-refractivity contribution >= 4 is 40.5 Å². The fourth-order valence-corrected chi connectivity index (χ4v) is 5.02. The largest absolute Gasteiger partial charge is 0.495 e. The first kappa shape index (κ1) is 22.8. The summed E-state index contributed by atoms with van der Waals surface area (Å²) in [6, 6.07) is 13.0. The van der Waals surface area contributed by atoms with Gasteiger partial charge in [-0.25, -0.2) is 4.39 Å². The first-order valence-electron chi connectivity index (χ1n) is 10.2. The summed E-state index contributed by atoms with van der Waals surface area (Å²) in [6.07, 6.45) is 3.06. The predicted molar refractivity (Wildman–Crippen MR) is 126 cm³/mol. The third kappa shape index (κ3) is 4.30. The van der Waals surface area contributed by atoms with Crippen LogP contribution in [0.5, 0.6) is 5.75 Å². The van der Waals surface area contributed by atoms with Gasteiger partial charge in [0.1, 0.15) is 22.3 Å². The van der Waals surface area contributed by atoms with Crippen molar-refractivity contribution in [2.75, 3.05) is 20.2 Å². The van der Waals surface area contributed by atoms with Crippen LogP contribution >= 0.6 is 22.9 Å². The Bertz CT molecular complexity index is 1430. The van der Waals surface area contributed by atoms with Gasteiger partial charge in [-0.3, -0.25) is 14.2 Å². The maximum atomic E-state index is 14.4. The van der Waals surface area contributed by atoms with Gasteiger partial charge in [0, 0.05) is 18.7 Å². The lowest BCUT2D eigenvalue weighted by molar-refractivity contribution is -0.123. The molecule has 1 amide bonds. The molecule has 1 fully saturated rings. The van der Waals surface area contributed by atoms with E-state index in [0.29, 0.717) is 24.5 Å². The lowest BCUT2D eigenvalue weighted by Crippen LogP contribution is -2.35. The first-order valence-corrected chi connectivity index (χ1v) is 11.4. The van der Waals surface area contributed by atoms with E-state index >= 15 is 0 Å². The number of nitrogens with zero attached hydrogens (tertiary/aromatic N) is 3. The molecule has 0 unspecified atom stereocenters. The van der Waals surface area contributed by atoms with E-state index < -0.39 is 17.3 Å². The Morgan fingerprint density at radius 1 is 1.21 bits per heavy atom. The minimum atomic E-state index is -0.585. The highest BCUT2D eigenvalue weighted by Gasteiger charge is 2.25. The highest BCUT2D eigenvalue weighted by atomic mass is 35.5. The number of nitriles is 1. The number of thiazole rings is 1. The summed E-state index contributed by atoms with van der Waals surface area (Å²) in [5.74, 6) is -0.631. The summed E-state index contributed by atoms with van der Waals surface area (Å²) >= 11 is 7.09. The molecule has 0 radical (unpaired) electrons. The lowest BCUT2D eigenvalue weighted by Gasteiger charge is -2.14. The van der Waals surface area contributed by atoms with Crippen LogP contribution in [0, 0.1) is 17.1 Å². The molecule has 168 valence electrons. The molecule has 1 aromatic heterocycles. The highest BCUT2D eigenvalue weighted by molar-refractivity contribution is 7.07. The minimum absolute atomic E-state index is 0.0561. The molecule has 9 heteroatoms. The number of hydrogen-bond donors (Lipinski definition) is 0. The molecular weight excluding hydrogens is 465 g/mol. The third-order valence-corrected chi connectivity index (χ3v) is 6.78. The molecule has 4 rings (SSSR count). The maximum absolute atomic E-state index is 14.4. The number of halogens is 2. The van der Waals surface area contributed by atoms with Gasteiger partial charge in [-0.2, -0.15) is 5.26 Å². The molecule has 6 nitrogen and oxygen atoms in total. The number of likely N-dealkylation sites (tertiary alicyclic amines) is 1. The summed E-state index contributed by atoms with van der Waals surface area (Å²) < 4.78 is 21.4. The molecule has 3 aromatic rings. The second-order valence-corrected chi connectivity index (χ2v) is 8.79. The van der Waals surface area contributed by atoms with Gasteiger partial charge in [-0.1, -0.05) is 29.8 Å². The average molecular weight is 484 g/mol. The van der Waals surface area contributed by atoms with Gasteiger partial charge in [0.05, 0.1) is 22.4 Å². The predicted octanol–water partition coefficient (Wildman–Crippen LogP) is 2.83. The zero-order valence-electron chi connectivity index (χ0n) is 17.7. The van der Waals surface area contributed by atoms with E-state index in [1.54, 1.807) is 29.2 Å². The summed E-state index contributed by atoms with van der Waals surface area (Å²) in [7, 11) is 1.46. The second-order valence-electron chi connectivity index (χ2n) is 7.35. The van der Waals surface area contributed by atoms with Gasteiger partial charge in [0.25, 0.3) is 11.5 Å². The zero-order chi connectivity index (χ0) is 23.5. The zero-order valence-corrected chi connectivity index (χ0v) is 19.3. The minimum Gasteiger partial charge on any atom is -0.495 e. The number of benzene rings is 2. The van der Waals surface area contributed by atoms with Crippen LogP contribution in [0.3, 0.4) is 0 Å². The molecule has 0 aliphatic carbocycles. The summed E-state index contributed by atoms with van der Waals surface area (Å²) in [4.78, 5) is 28.3. The fourth-order valence-electron chi connectivity index (χ4n) is 3.73. The number of aromatic nitrogens is 1. The molecule has 0 N–H and O–H groups in total. The Kier molecular flexibility index (Phi) is 6.63. The molecule has 1 saturated heterocycles. The molecule has 2 aromatic carbocycles. The lowest BCUT2D eigenvalue weighted by atomic mass is 10.2. The Morgan fingerprint density at radius 3 is 2.61 bits per heavy atom. The number of methoxy groups -OCH3 is 1. The number of carbonyl (C=O) groups excluding carboxylic acids is 1. The van der Waals surface area contributed by atoms with Crippen molar-refractivity contribution in [1.82, 2.24) is 9.47 Å². The van der Waals surface area contributed by atoms with Crippen LogP contribution in [0.15, 0.2) is 47.3 Å². The van der Waals surface area contributed by atoms with E-state index in [1.807, 2.05) is 6.07 Å². The quantitative estimate of drug-likeness (QED) is 0.572. The third-order valence-electron chi connectivity index (χ3n) is 5.36. The van der Waals surface area contributed by atoms with E-state index in [-0.39, 0.29) is 25.4 Å². The molecule has 1 aliphatic heterocycles. The van der Waals surface area contributed by atoms with E-state index in [2.05, 4.69) is 0 Å². The van der Waals surface area contributed by atoms with Crippen LogP contribution in [0.4, 0.5) is 4.39 Å². The number of rotatable bonds is 4. The van der Waals surface area contributed by atoms with E-state index in [4.69, 9.17) is 16.3 Å². The van der Waals surface area contributed by atoms with Gasteiger partial charge < -0.3 is 9.64 Å². The highest BCUT2D eigenvalue weighted by Crippen LogP contribution is 2.21. The van der Waals surface area contributed by atoms with Crippen molar-refractivity contribution in [2.24, 2.45) is 0 Å². The normalized spacial score (nSPS) is 14.8. The monoisotopic (exact) mass is 483 g/mol. The van der Waals surface area contributed by atoms with Crippen molar-refractivity contribution in [3.63, 3.8) is 0 Å². The average Bonchev–Trinajstić information content (AvgIpc) is 3.46. The van der Waals surface area contributed by atoms with Crippen LogP contribution < -0.4 is 19.5 Å². The fraction of sp³-hybridized carbons (Fsp3) is 0.208. The van der Waals surface area contributed by atoms with E-state index in [9.17, 15) is 19.2 Å². The summed E-state index contributed by atoms with van der Waals surface area (Å²) in [5.41, 5.74) is -0.233. The molecule has 0 atom stereocenters.